The molecule has 4 aromatic carbocycles. The Kier molecular flexibility index (Phi) is 43.5. The van der Waals surface area contributed by atoms with Crippen molar-refractivity contribution in [3.05, 3.63) is 119 Å². The Balaban J connectivity index is 0.000000230. The van der Waals surface area contributed by atoms with E-state index < -0.39 is 178 Å². The smallest absolute Gasteiger partial charge is 0.439 e. The number of para-hydroxylation sites is 2. The third-order valence-electron chi connectivity index (χ3n) is 27.4. The van der Waals surface area contributed by atoms with E-state index in [0.717, 1.165) is 106 Å². The Bertz CT molecular complexity index is 5980. The summed E-state index contributed by atoms with van der Waals surface area (Å²) in [4.78, 5) is 9.20. The number of hydrogen-bond acceptors (Lipinski definition) is 22. The fourth-order valence-electron chi connectivity index (χ4n) is 21.1. The number of esters is 1. The fraction of sp³-hybridized carbons (Fsp3) is 0.697. The Morgan fingerprint density at radius 3 is 1.38 bits per heavy atom. The highest BCUT2D eigenvalue weighted by molar-refractivity contribution is 7.99. The molecule has 4 N–H and O–H groups in total. The first-order valence-corrected chi connectivity index (χ1v) is 57.8. The van der Waals surface area contributed by atoms with Crippen molar-refractivity contribution in [3.8, 4) is 5.75 Å². The molecule has 1 saturated heterocycles. The van der Waals surface area contributed by atoms with Crippen molar-refractivity contribution in [2.45, 2.75) is 312 Å². The molecule has 10 aliphatic carbocycles. The molecule has 1 aliphatic heterocycles. The van der Waals surface area contributed by atoms with Crippen LogP contribution in [0.2, 0.25) is 0 Å². The van der Waals surface area contributed by atoms with Gasteiger partial charge in [0.25, 0.3) is 20.1 Å². The molecule has 2 heterocycles. The van der Waals surface area contributed by atoms with Gasteiger partial charge in [-0.15, -0.1) is 37.0 Å². The monoisotopic (exact) mass is 2240 g/mol. The third kappa shape index (κ3) is 31.1. The first-order chi connectivity index (χ1) is 65.9. The van der Waals surface area contributed by atoms with E-state index in [-0.39, 0.29) is 60.4 Å². The first kappa shape index (κ1) is 123. The number of carbonyl (C=O) groups is 1. The Morgan fingerprint density at radius 2 is 0.937 bits per heavy atom. The van der Waals surface area contributed by atoms with E-state index in [9.17, 15) is 139 Å². The predicted molar refractivity (Wildman–Crippen MR) is 488 cm³/mol. The normalized spacial score (nSPS) is 23.1. The number of carbonyl (C=O) groups excluding carboxylic acids is 1. The van der Waals surface area contributed by atoms with E-state index in [1.54, 1.807) is 23.8 Å². The molecule has 0 radical (unpaired) electrons. The molecule has 8 bridgehead atoms. The molecule has 27 nitrogen and oxygen atoms in total. The topological polar surface area (TPSA) is 432 Å². The van der Waals surface area contributed by atoms with Gasteiger partial charge in [0.15, 0.2) is 34.8 Å². The van der Waals surface area contributed by atoms with Gasteiger partial charge in [0, 0.05) is 30.1 Å². The van der Waals surface area contributed by atoms with Gasteiger partial charge >= 0.3 is 107 Å². The average Bonchev–Trinajstić information content (AvgIpc) is 1.70. The zero-order chi connectivity index (χ0) is 108. The van der Waals surface area contributed by atoms with Crippen LogP contribution in [0.4, 0.5) is 79.0 Å². The molecule has 11 aliphatic rings. The zero-order valence-electron chi connectivity index (χ0n) is 78.3. The Morgan fingerprint density at radius 1 is 0.503 bits per heavy atom. The molecule has 0 spiro atoms. The lowest BCUT2D eigenvalue weighted by atomic mass is 9.49. The van der Waals surface area contributed by atoms with Gasteiger partial charge in [-0.3, -0.25) is 23.0 Å². The average molecular weight is 2250 g/mol. The quantitative estimate of drug-likeness (QED) is 0.00757. The summed E-state index contributed by atoms with van der Waals surface area (Å²) in [7, 11) is -40.9. The highest BCUT2D eigenvalue weighted by atomic mass is 32.2. The van der Waals surface area contributed by atoms with Gasteiger partial charge in [0.05, 0.1) is 22.4 Å². The van der Waals surface area contributed by atoms with Crippen molar-refractivity contribution in [1.82, 2.24) is 8.28 Å². The van der Waals surface area contributed by atoms with E-state index in [1.165, 1.54) is 132 Å². The molecule has 5 aromatic rings. The zero-order valence-corrected chi connectivity index (χ0v) is 85.7. The molecule has 814 valence electrons. The van der Waals surface area contributed by atoms with E-state index >= 15 is 0 Å². The van der Waals surface area contributed by atoms with E-state index in [1.807, 2.05) is 0 Å². The fourth-order valence-corrected chi connectivity index (χ4v) is 26.9. The third-order valence-corrected chi connectivity index (χ3v) is 35.8. The van der Waals surface area contributed by atoms with Gasteiger partial charge in [0.1, 0.15) is 10.6 Å². The lowest BCUT2D eigenvalue weighted by molar-refractivity contribution is -0.245. The summed E-state index contributed by atoms with van der Waals surface area (Å²) in [5, 5.41) is -23.6. The van der Waals surface area contributed by atoms with Gasteiger partial charge in [-0.1, -0.05) is 179 Å². The molecule has 2 atom stereocenters. The molecule has 10 saturated carbocycles. The SMILES string of the molecule is CC(C)c1cc(C(C)C)cc(C2CCCCC2)c1.CCCCCCCCCCCCSc1c(F)c(F)c(S(=O)(=O)O)c(F)c1F.O=C(OCC(F)(F)S(=O)(=O)O)C12CC3CC(CC(C3)C1)C2.O=S(=O)(N1CCC2CCCCC2C1)C(F)(F)C(F)(F)C(F)F.O=S(=O)(O)C(F)(F)C(F)(F)C(F)(F)S(=O)(=O)n1ccc2ccccc21.O=S(=O)(O)c1ccccc1OCC12CC3CC(CC(C3)C1)C2.O=S(=O)=O.O=S(=O)=O. The van der Waals surface area contributed by atoms with E-state index in [2.05, 4.69) is 57.6 Å². The number of aromatic nitrogens is 1. The van der Waals surface area contributed by atoms with Crippen molar-refractivity contribution < 1.29 is 187 Å². The standard InChI is InChI=1S/C18H26F4O3S2.C18H28.C17H22O4S.C13H18F2O5S.C12H17F6NO2S.C11H7F6NO5S2.2O3S/c1-2-3-4-5-6-7-8-9-10-11-12-26-17-13(19)15(21)18(27(23,24)25)16(22)14(17)20;1-13(2)16-10-17(14(3)4)12-18(11-16)15-8-6-5-7-9-15;18-22(19,20)16-4-2-1-3-15(16)21-11-17-8-12-5-13(9-17)7-14(6-12)10-17;14-13(15,21(17,18)19)7-20-11(16)12-4-8-1-9(5-12)3-10(2-8)6-12;13-10(14)11(15,16)12(17,18)22(20,21)19-6-5-8-3-1-2-4-9(8)7-19;12-9(13,11(16,17)25(21,22)23)10(14,15)24(19,20)18-6-5-7-3-1-2-4-8(7)18;2*1-4(2)3/h2-12H2,1H3,(H,23,24,25);10-15H,5-9H2,1-4H3;1-4,12-14H,5-11H2,(H,18,19,20);8-10H,1-7H2,(H,17,18,19);8-10H,1-7H2;1-6H,(H,21,22,23);;. The van der Waals surface area contributed by atoms with E-state index in [0.29, 0.717) is 92.7 Å². The minimum atomic E-state index is -7.05. The summed E-state index contributed by atoms with van der Waals surface area (Å²) in [5.41, 5.74) is 3.65. The number of ether oxygens (including phenoxy) is 2. The maximum Gasteiger partial charge on any atom is 0.439 e. The van der Waals surface area contributed by atoms with Crippen molar-refractivity contribution in [2.75, 3.05) is 32.1 Å². The predicted octanol–water partition coefficient (Wildman–Crippen LogP) is 22.1. The lowest BCUT2D eigenvalue weighted by Crippen LogP contribution is -2.61. The van der Waals surface area contributed by atoms with Gasteiger partial charge in [-0.2, -0.15) is 99.1 Å². The largest absolute Gasteiger partial charge is 0.492 e. The molecular weight excluding hydrogens is 2130 g/mol. The van der Waals surface area contributed by atoms with Crippen LogP contribution in [0.1, 0.15) is 275 Å². The summed E-state index contributed by atoms with van der Waals surface area (Å²) in [6.45, 7) is 9.72. The molecule has 54 heteroatoms. The van der Waals surface area contributed by atoms with Gasteiger partial charge in [-0.25, -0.2) is 38.7 Å². The number of hydrogen-bond donors (Lipinski definition) is 4. The second kappa shape index (κ2) is 50.4. The van der Waals surface area contributed by atoms with Crippen LogP contribution in [-0.2, 0) is 91.3 Å². The number of halogens is 18. The van der Waals surface area contributed by atoms with Crippen LogP contribution in [0.15, 0.2) is 93.7 Å². The van der Waals surface area contributed by atoms with Crippen LogP contribution >= 0.6 is 11.8 Å². The number of benzene rings is 4. The highest BCUT2D eigenvalue weighted by Gasteiger charge is 2.83. The second-order valence-electron chi connectivity index (χ2n) is 38.6. The van der Waals surface area contributed by atoms with E-state index in [4.69, 9.17) is 43.6 Å². The van der Waals surface area contributed by atoms with Crippen molar-refractivity contribution in [3.63, 3.8) is 0 Å². The van der Waals surface area contributed by atoms with Crippen LogP contribution in [0.5, 0.6) is 5.75 Å². The van der Waals surface area contributed by atoms with Crippen LogP contribution in [0.3, 0.4) is 0 Å². The molecule has 2 unspecified atom stereocenters. The Labute approximate surface area is 827 Å². The molecule has 143 heavy (non-hydrogen) atoms. The number of alkyl halides is 14. The summed E-state index contributed by atoms with van der Waals surface area (Å²) >= 11 is 0.592. The summed E-state index contributed by atoms with van der Waals surface area (Å²) < 4.78 is 469. The molecule has 1 aromatic heterocycles. The summed E-state index contributed by atoms with van der Waals surface area (Å²) in [5.74, 6) is -14.9. The number of piperidine rings is 1. The number of unbranched alkanes of at least 4 members (excludes halogenated alkanes) is 9. The molecule has 16 rings (SSSR count). The van der Waals surface area contributed by atoms with Gasteiger partial charge < -0.3 is 9.47 Å². The number of rotatable bonds is 33. The van der Waals surface area contributed by atoms with Crippen LogP contribution in [0, 0.1) is 81.4 Å². The van der Waals surface area contributed by atoms with Crippen molar-refractivity contribution in [2.24, 2.45) is 58.2 Å². The van der Waals surface area contributed by atoms with Gasteiger partial charge in [0.2, 0.25) is 0 Å². The highest BCUT2D eigenvalue weighted by Crippen LogP contribution is 2.63. The first-order valence-electron chi connectivity index (χ1n) is 46.2. The second-order valence-corrected chi connectivity index (χ2v) is 50.1. The van der Waals surface area contributed by atoms with Crippen molar-refractivity contribution >= 4 is 110 Å². The molecule has 0 amide bonds. The molecular formula is C89H118F18N2O25S9. The number of thioether (sulfide) groups is 1. The van der Waals surface area contributed by atoms with Crippen LogP contribution < -0.4 is 4.74 Å². The number of nitrogens with zero attached hydrogens (tertiary/aromatic N) is 2. The minimum absolute atomic E-state index is 0.00623. The lowest BCUT2D eigenvalue weighted by Gasteiger charge is -2.56. The number of sulfonamides is 1. The minimum Gasteiger partial charge on any atom is -0.492 e. The Hall–Kier alpha value is -6.48. The van der Waals surface area contributed by atoms with Crippen LogP contribution in [0.25, 0.3) is 10.9 Å². The van der Waals surface area contributed by atoms with Crippen molar-refractivity contribution in [1.29, 1.82) is 0 Å². The van der Waals surface area contributed by atoms with Gasteiger partial charge in [-0.05, 0) is 221 Å². The maximum absolute atomic E-state index is 13.9. The molecule has 11 fully saturated rings. The number of fused-ring (bicyclic) bond motifs is 2. The summed E-state index contributed by atoms with van der Waals surface area (Å²) in [6, 6.07) is 19.4. The summed E-state index contributed by atoms with van der Waals surface area (Å²) in [6.07, 6.45) is 30.1. The van der Waals surface area contributed by atoms with Crippen LogP contribution in [-0.4, -0.2) is 180 Å². The maximum atomic E-state index is 13.9.